The maximum absolute atomic E-state index is 12.2. The van der Waals surface area contributed by atoms with Crippen molar-refractivity contribution >= 4 is 29.9 Å². The highest BCUT2D eigenvalue weighted by molar-refractivity contribution is 5.76. The first-order valence-corrected chi connectivity index (χ1v) is 15.3. The lowest BCUT2D eigenvalue weighted by Gasteiger charge is -2.34. The third kappa shape index (κ3) is 17.1. The number of piperazine rings is 2. The Kier molecular flexibility index (Phi) is 18.7. The fourth-order valence-electron chi connectivity index (χ4n) is 4.16. The van der Waals surface area contributed by atoms with Gasteiger partial charge in [0.2, 0.25) is 17.8 Å². The van der Waals surface area contributed by atoms with Crippen LogP contribution in [-0.2, 0) is 14.3 Å². The van der Waals surface area contributed by atoms with E-state index in [1.807, 2.05) is 38.7 Å². The van der Waals surface area contributed by atoms with Gasteiger partial charge in [0.1, 0.15) is 5.60 Å². The molecule has 2 fully saturated rings. The standard InChI is InChI=1S/C17H27N5O3.C8H12N4.C5H10O2.CH4/c1-17(2,3)25-16(24)20-7-4-6-14(23)21-10-12-22(13-11-21)15-18-8-5-9-19-15;1-2-10-8(11-3-1)12-6-4-9-5-7-12;1-2-3-4-5(6)7;/h5,8-9H,4,6-7,10-13H2,1-3H3,(H,20,24);1-3,9H,4-7H2;2-4H2,1H3,(H,6,7);1H4. The number of nitrogens with one attached hydrogen (secondary N) is 2. The highest BCUT2D eigenvalue weighted by Crippen LogP contribution is 2.11. The molecule has 2 aromatic rings. The van der Waals surface area contributed by atoms with Crippen LogP contribution >= 0.6 is 0 Å². The number of hydrogen-bond acceptors (Lipinski definition) is 11. The average molecular weight is 632 g/mol. The van der Waals surface area contributed by atoms with Crippen LogP contribution in [0.3, 0.4) is 0 Å². The van der Waals surface area contributed by atoms with E-state index in [1.165, 1.54) is 0 Å². The number of carbonyl (C=O) groups is 3. The van der Waals surface area contributed by atoms with E-state index in [1.54, 1.807) is 30.9 Å². The molecule has 252 valence electrons. The second-order valence-electron chi connectivity index (χ2n) is 11.2. The quantitative estimate of drug-likeness (QED) is 0.347. The number of ether oxygens (including phenoxy) is 1. The molecule has 0 saturated carbocycles. The Morgan fingerprint density at radius 2 is 1.36 bits per heavy atom. The fraction of sp³-hybridized carbons (Fsp3) is 0.645. The van der Waals surface area contributed by atoms with Gasteiger partial charge in [0.15, 0.2) is 0 Å². The van der Waals surface area contributed by atoms with Crippen molar-refractivity contribution < 1.29 is 24.2 Å². The number of amides is 2. The summed E-state index contributed by atoms with van der Waals surface area (Å²) < 4.78 is 5.15. The molecule has 4 heterocycles. The zero-order chi connectivity index (χ0) is 32.2. The number of unbranched alkanes of at least 4 members (excludes halogenated alkanes) is 1. The van der Waals surface area contributed by atoms with Gasteiger partial charge in [-0.05, 0) is 45.7 Å². The monoisotopic (exact) mass is 631 g/mol. The smallest absolute Gasteiger partial charge is 0.407 e. The Hall–Kier alpha value is -4.07. The molecule has 4 rings (SSSR count). The zero-order valence-electron chi connectivity index (χ0n) is 26.6. The van der Waals surface area contributed by atoms with E-state index in [-0.39, 0.29) is 13.3 Å². The van der Waals surface area contributed by atoms with E-state index in [0.717, 1.165) is 58.1 Å². The number of carbonyl (C=O) groups excluding carboxylic acids is 2. The molecule has 45 heavy (non-hydrogen) atoms. The van der Waals surface area contributed by atoms with Crippen LogP contribution in [0.15, 0.2) is 36.9 Å². The zero-order valence-corrected chi connectivity index (χ0v) is 26.6. The lowest BCUT2D eigenvalue weighted by Crippen LogP contribution is -2.49. The van der Waals surface area contributed by atoms with Gasteiger partial charge in [0.25, 0.3) is 0 Å². The van der Waals surface area contributed by atoms with Crippen LogP contribution < -0.4 is 20.4 Å². The second kappa shape index (κ2) is 21.6. The predicted octanol–water partition coefficient (Wildman–Crippen LogP) is 3.21. The molecule has 0 atom stereocenters. The predicted molar refractivity (Wildman–Crippen MR) is 175 cm³/mol. The molecule has 0 aliphatic carbocycles. The number of alkyl carbamates (subject to hydrolysis) is 1. The molecule has 14 heteroatoms. The summed E-state index contributed by atoms with van der Waals surface area (Å²) in [6.45, 7) is 14.7. The van der Waals surface area contributed by atoms with Crippen molar-refractivity contribution in [2.24, 2.45) is 0 Å². The van der Waals surface area contributed by atoms with E-state index in [4.69, 9.17) is 9.84 Å². The SMILES string of the molecule is C.CC(C)(C)OC(=O)NCCCC(=O)N1CCN(c2ncccn2)CC1.CCCCC(=O)O.c1cnc(N2CCNCC2)nc1. The van der Waals surface area contributed by atoms with Gasteiger partial charge in [0.05, 0.1) is 0 Å². The van der Waals surface area contributed by atoms with Crippen molar-refractivity contribution in [2.75, 3.05) is 68.7 Å². The van der Waals surface area contributed by atoms with E-state index >= 15 is 0 Å². The average Bonchev–Trinajstić information content (AvgIpc) is 3.03. The molecule has 0 radical (unpaired) electrons. The number of carboxylic acids is 1. The van der Waals surface area contributed by atoms with Gasteiger partial charge < -0.3 is 35.2 Å². The molecule has 2 saturated heterocycles. The van der Waals surface area contributed by atoms with Crippen LogP contribution in [0.5, 0.6) is 0 Å². The Balaban J connectivity index is 0.000000417. The molecular formula is C31H53N9O5. The molecule has 2 aromatic heterocycles. The van der Waals surface area contributed by atoms with E-state index < -0.39 is 17.7 Å². The maximum Gasteiger partial charge on any atom is 0.407 e. The van der Waals surface area contributed by atoms with E-state index in [0.29, 0.717) is 44.8 Å². The molecule has 14 nitrogen and oxygen atoms in total. The molecule has 2 aliphatic rings. The normalized spacial score (nSPS) is 14.4. The minimum Gasteiger partial charge on any atom is -0.481 e. The first-order chi connectivity index (χ1) is 21.1. The summed E-state index contributed by atoms with van der Waals surface area (Å²) in [5.74, 6) is 0.969. The largest absolute Gasteiger partial charge is 0.481 e. The molecule has 2 aliphatic heterocycles. The second-order valence-corrected chi connectivity index (χ2v) is 11.2. The Bertz CT molecular complexity index is 1090. The highest BCUT2D eigenvalue weighted by atomic mass is 16.6. The van der Waals surface area contributed by atoms with Gasteiger partial charge in [-0.15, -0.1) is 0 Å². The van der Waals surface area contributed by atoms with Crippen molar-refractivity contribution in [3.8, 4) is 0 Å². The number of anilines is 2. The van der Waals surface area contributed by atoms with Crippen molar-refractivity contribution in [1.82, 2.24) is 35.5 Å². The number of hydrogen-bond donors (Lipinski definition) is 3. The van der Waals surface area contributed by atoms with Gasteiger partial charge in [-0.3, -0.25) is 9.59 Å². The Labute approximate surface area is 268 Å². The maximum atomic E-state index is 12.2. The number of rotatable bonds is 9. The lowest BCUT2D eigenvalue weighted by atomic mass is 10.2. The summed E-state index contributed by atoms with van der Waals surface area (Å²) in [6.07, 6.45) is 9.65. The third-order valence-corrected chi connectivity index (χ3v) is 6.40. The molecular weight excluding hydrogens is 578 g/mol. The number of aromatic nitrogens is 4. The first kappa shape index (κ1) is 39.0. The third-order valence-electron chi connectivity index (χ3n) is 6.40. The van der Waals surface area contributed by atoms with Crippen LogP contribution in [-0.4, -0.2) is 112 Å². The lowest BCUT2D eigenvalue weighted by molar-refractivity contribution is -0.137. The number of carboxylic acid groups (broad SMARTS) is 1. The topological polar surface area (TPSA) is 166 Å². The van der Waals surface area contributed by atoms with Crippen LogP contribution in [0.4, 0.5) is 16.7 Å². The van der Waals surface area contributed by atoms with Crippen molar-refractivity contribution in [3.63, 3.8) is 0 Å². The molecule has 2 amide bonds. The minimum absolute atomic E-state index is 0. The summed E-state index contributed by atoms with van der Waals surface area (Å²) in [5, 5.41) is 14.0. The van der Waals surface area contributed by atoms with Gasteiger partial charge in [0, 0.05) is 96.5 Å². The van der Waals surface area contributed by atoms with E-state index in [2.05, 4.69) is 40.4 Å². The fourth-order valence-corrected chi connectivity index (χ4v) is 4.16. The summed E-state index contributed by atoms with van der Waals surface area (Å²) in [7, 11) is 0. The number of nitrogens with zero attached hydrogens (tertiary/aromatic N) is 7. The van der Waals surface area contributed by atoms with Gasteiger partial charge >= 0.3 is 12.1 Å². The summed E-state index contributed by atoms with van der Waals surface area (Å²) in [4.78, 5) is 56.5. The summed E-state index contributed by atoms with van der Waals surface area (Å²) in [6, 6.07) is 3.63. The van der Waals surface area contributed by atoms with Crippen LogP contribution in [0.25, 0.3) is 0 Å². The molecule has 0 unspecified atom stereocenters. The van der Waals surface area contributed by atoms with Crippen LogP contribution in [0, 0.1) is 0 Å². The summed E-state index contributed by atoms with van der Waals surface area (Å²) in [5.41, 5.74) is -0.512. The molecule has 0 bridgehead atoms. The van der Waals surface area contributed by atoms with Gasteiger partial charge in [-0.1, -0.05) is 20.8 Å². The minimum atomic E-state index is -0.693. The van der Waals surface area contributed by atoms with Crippen molar-refractivity contribution in [2.45, 2.75) is 72.8 Å². The van der Waals surface area contributed by atoms with E-state index in [9.17, 15) is 14.4 Å². The van der Waals surface area contributed by atoms with Crippen LogP contribution in [0.2, 0.25) is 0 Å². The Morgan fingerprint density at radius 3 is 1.80 bits per heavy atom. The molecule has 0 spiro atoms. The Morgan fingerprint density at radius 1 is 0.844 bits per heavy atom. The van der Waals surface area contributed by atoms with Gasteiger partial charge in [-0.2, -0.15) is 0 Å². The number of aliphatic carboxylic acids is 1. The molecule has 0 aromatic carbocycles. The van der Waals surface area contributed by atoms with Crippen LogP contribution in [0.1, 0.15) is 67.2 Å². The first-order valence-electron chi connectivity index (χ1n) is 15.3. The van der Waals surface area contributed by atoms with Crippen molar-refractivity contribution in [3.05, 3.63) is 36.9 Å². The van der Waals surface area contributed by atoms with Crippen molar-refractivity contribution in [1.29, 1.82) is 0 Å². The van der Waals surface area contributed by atoms with Gasteiger partial charge in [-0.25, -0.2) is 24.7 Å². The molecule has 3 N–H and O–H groups in total. The summed E-state index contributed by atoms with van der Waals surface area (Å²) >= 11 is 0. The highest BCUT2D eigenvalue weighted by Gasteiger charge is 2.22.